The summed E-state index contributed by atoms with van der Waals surface area (Å²) in [5, 5.41) is 3.30. The molecule has 1 N–H and O–H groups in total. The van der Waals surface area contributed by atoms with Gasteiger partial charge in [0.1, 0.15) is 11.6 Å². The maximum atomic E-state index is 12.7. The Morgan fingerprint density at radius 1 is 1.17 bits per heavy atom. The summed E-state index contributed by atoms with van der Waals surface area (Å²) in [6, 6.07) is 11.8. The highest BCUT2D eigenvalue weighted by molar-refractivity contribution is 5.91. The zero-order valence-electron chi connectivity index (χ0n) is 17.0. The number of nitrogens with zero attached hydrogens (tertiary/aromatic N) is 4. The first-order chi connectivity index (χ1) is 14.7. The first kappa shape index (κ1) is 19.8. The Hall–Kier alpha value is -3.54. The third-order valence-corrected chi connectivity index (χ3v) is 5.35. The predicted octanol–water partition coefficient (Wildman–Crippen LogP) is 4.34. The van der Waals surface area contributed by atoms with Crippen LogP contribution in [0.15, 0.2) is 67.3 Å². The second-order valence-corrected chi connectivity index (χ2v) is 7.51. The Kier molecular flexibility index (Phi) is 6.13. The van der Waals surface area contributed by atoms with Gasteiger partial charge in [-0.1, -0.05) is 12.1 Å². The molecule has 0 aromatic carbocycles. The van der Waals surface area contributed by atoms with Gasteiger partial charge in [-0.2, -0.15) is 0 Å². The van der Waals surface area contributed by atoms with E-state index in [2.05, 4.69) is 26.3 Å². The lowest BCUT2D eigenvalue weighted by atomic mass is 9.91. The number of hydrogen-bond donors (Lipinski definition) is 1. The summed E-state index contributed by atoms with van der Waals surface area (Å²) in [5.41, 5.74) is 3.18. The molecular formula is C24H25N5O. The molecule has 0 bridgehead atoms. The van der Waals surface area contributed by atoms with E-state index in [9.17, 15) is 4.79 Å². The molecule has 1 amide bonds. The summed E-state index contributed by atoms with van der Waals surface area (Å²) < 4.78 is 0. The van der Waals surface area contributed by atoms with E-state index in [4.69, 9.17) is 0 Å². The van der Waals surface area contributed by atoms with Crippen LogP contribution in [0.2, 0.25) is 0 Å². The van der Waals surface area contributed by atoms with E-state index in [1.54, 1.807) is 24.7 Å². The van der Waals surface area contributed by atoms with Crippen molar-refractivity contribution in [3.05, 3.63) is 84.0 Å². The average Bonchev–Trinajstić information content (AvgIpc) is 2.80. The smallest absolute Gasteiger partial charge is 0.246 e. The predicted molar refractivity (Wildman–Crippen MR) is 118 cm³/mol. The van der Waals surface area contributed by atoms with Gasteiger partial charge in [-0.15, -0.1) is 0 Å². The van der Waals surface area contributed by atoms with Crippen LogP contribution in [-0.4, -0.2) is 38.8 Å². The molecule has 30 heavy (non-hydrogen) atoms. The van der Waals surface area contributed by atoms with E-state index in [1.165, 1.54) is 5.56 Å². The minimum atomic E-state index is 0.0417. The summed E-state index contributed by atoms with van der Waals surface area (Å²) in [4.78, 5) is 27.5. The summed E-state index contributed by atoms with van der Waals surface area (Å²) in [6.45, 7) is 3.52. The van der Waals surface area contributed by atoms with E-state index in [0.717, 1.165) is 42.1 Å². The number of anilines is 2. The third kappa shape index (κ3) is 4.89. The molecule has 3 aromatic rings. The van der Waals surface area contributed by atoms with Gasteiger partial charge in [0.15, 0.2) is 0 Å². The number of aryl methyl sites for hydroxylation is 1. The Balaban J connectivity index is 1.43. The van der Waals surface area contributed by atoms with Gasteiger partial charge in [0, 0.05) is 49.9 Å². The summed E-state index contributed by atoms with van der Waals surface area (Å²) in [5.74, 6) is 1.92. The quantitative estimate of drug-likeness (QED) is 0.646. The van der Waals surface area contributed by atoms with Crippen molar-refractivity contribution in [3.63, 3.8) is 0 Å². The normalized spacial score (nSPS) is 16.6. The number of hydrogen-bond acceptors (Lipinski definition) is 5. The van der Waals surface area contributed by atoms with Crippen molar-refractivity contribution in [2.24, 2.45) is 0 Å². The minimum absolute atomic E-state index is 0.0417. The number of aromatic nitrogens is 3. The Morgan fingerprint density at radius 2 is 2.07 bits per heavy atom. The lowest BCUT2D eigenvalue weighted by Crippen LogP contribution is -2.38. The summed E-state index contributed by atoms with van der Waals surface area (Å²) in [7, 11) is 0. The maximum absolute atomic E-state index is 12.7. The number of carbonyl (C=O) groups is 1. The Labute approximate surface area is 176 Å². The topological polar surface area (TPSA) is 71.0 Å². The SMILES string of the molecule is Cc1cccnc1Nc1cc([C@@H]2CCCN(C(=O)/C=C/c3cccnc3)C2)ccn1. The van der Waals surface area contributed by atoms with Gasteiger partial charge in [0.25, 0.3) is 0 Å². The molecule has 1 aliphatic rings. The van der Waals surface area contributed by atoms with Gasteiger partial charge >= 0.3 is 0 Å². The fourth-order valence-electron chi connectivity index (χ4n) is 3.70. The highest BCUT2D eigenvalue weighted by Crippen LogP contribution is 2.29. The number of likely N-dealkylation sites (tertiary alicyclic amines) is 1. The van der Waals surface area contributed by atoms with Crippen molar-refractivity contribution in [1.82, 2.24) is 19.9 Å². The van der Waals surface area contributed by atoms with Crippen LogP contribution in [0, 0.1) is 6.92 Å². The van der Waals surface area contributed by atoms with Crippen molar-refractivity contribution in [2.75, 3.05) is 18.4 Å². The Morgan fingerprint density at radius 3 is 2.90 bits per heavy atom. The molecule has 0 spiro atoms. The van der Waals surface area contributed by atoms with E-state index < -0.39 is 0 Å². The van der Waals surface area contributed by atoms with E-state index in [-0.39, 0.29) is 5.91 Å². The molecular weight excluding hydrogens is 374 g/mol. The van der Waals surface area contributed by atoms with Gasteiger partial charge in [-0.25, -0.2) is 9.97 Å². The molecule has 1 fully saturated rings. The molecule has 152 valence electrons. The molecule has 0 saturated carbocycles. The molecule has 4 rings (SSSR count). The summed E-state index contributed by atoms with van der Waals surface area (Å²) >= 11 is 0. The maximum Gasteiger partial charge on any atom is 0.246 e. The zero-order valence-corrected chi connectivity index (χ0v) is 17.0. The lowest BCUT2D eigenvalue weighted by molar-refractivity contribution is -0.127. The van der Waals surface area contributed by atoms with E-state index in [1.807, 2.05) is 54.4 Å². The molecule has 1 saturated heterocycles. The largest absolute Gasteiger partial charge is 0.339 e. The number of amides is 1. The van der Waals surface area contributed by atoms with Crippen LogP contribution < -0.4 is 5.32 Å². The molecule has 6 nitrogen and oxygen atoms in total. The molecule has 0 unspecified atom stereocenters. The number of rotatable bonds is 5. The first-order valence-electron chi connectivity index (χ1n) is 10.2. The van der Waals surface area contributed by atoms with Gasteiger partial charge in [-0.05, 0) is 66.8 Å². The molecule has 4 heterocycles. The van der Waals surface area contributed by atoms with Crippen molar-refractivity contribution in [2.45, 2.75) is 25.7 Å². The van der Waals surface area contributed by atoms with Crippen molar-refractivity contribution in [1.29, 1.82) is 0 Å². The number of carbonyl (C=O) groups excluding carboxylic acids is 1. The van der Waals surface area contributed by atoms with Crippen molar-refractivity contribution in [3.8, 4) is 0 Å². The van der Waals surface area contributed by atoms with E-state index in [0.29, 0.717) is 12.5 Å². The van der Waals surface area contributed by atoms with Crippen molar-refractivity contribution >= 4 is 23.6 Å². The van der Waals surface area contributed by atoms with Gasteiger partial charge in [0.05, 0.1) is 0 Å². The molecule has 1 atom stereocenters. The Bertz CT molecular complexity index is 1030. The zero-order chi connectivity index (χ0) is 20.8. The molecule has 0 radical (unpaired) electrons. The third-order valence-electron chi connectivity index (χ3n) is 5.35. The fraction of sp³-hybridized carbons (Fsp3) is 0.250. The van der Waals surface area contributed by atoms with Crippen LogP contribution in [0.25, 0.3) is 6.08 Å². The average molecular weight is 399 g/mol. The number of pyridine rings is 3. The standard InChI is InChI=1S/C24H25N5O/c1-18-5-2-12-27-24(18)28-22-15-20(10-13-26-22)21-7-4-14-29(17-21)23(30)9-8-19-6-3-11-25-16-19/h2-3,5-6,8-13,15-16,21H,4,7,14,17H2,1H3,(H,26,27,28)/b9-8+/t21-/m1/s1. The number of piperidine rings is 1. The fourth-order valence-corrected chi connectivity index (χ4v) is 3.70. The van der Waals surface area contributed by atoms with Crippen LogP contribution in [0.4, 0.5) is 11.6 Å². The molecule has 0 aliphatic carbocycles. The van der Waals surface area contributed by atoms with E-state index >= 15 is 0 Å². The van der Waals surface area contributed by atoms with Crippen LogP contribution in [0.1, 0.15) is 35.4 Å². The molecule has 6 heteroatoms. The van der Waals surface area contributed by atoms with Crippen molar-refractivity contribution < 1.29 is 4.79 Å². The van der Waals surface area contributed by atoms with Gasteiger partial charge < -0.3 is 10.2 Å². The first-order valence-corrected chi connectivity index (χ1v) is 10.2. The molecule has 3 aromatic heterocycles. The second kappa shape index (κ2) is 9.31. The van der Waals surface area contributed by atoms with Crippen LogP contribution >= 0.6 is 0 Å². The minimum Gasteiger partial charge on any atom is -0.339 e. The highest BCUT2D eigenvalue weighted by Gasteiger charge is 2.24. The van der Waals surface area contributed by atoms with Crippen LogP contribution in [0.3, 0.4) is 0 Å². The van der Waals surface area contributed by atoms with Gasteiger partial charge in [0.2, 0.25) is 5.91 Å². The highest BCUT2D eigenvalue weighted by atomic mass is 16.2. The summed E-state index contributed by atoms with van der Waals surface area (Å²) in [6.07, 6.45) is 12.6. The van der Waals surface area contributed by atoms with Crippen LogP contribution in [-0.2, 0) is 4.79 Å². The van der Waals surface area contributed by atoms with Gasteiger partial charge in [-0.3, -0.25) is 9.78 Å². The monoisotopic (exact) mass is 399 g/mol. The molecule has 1 aliphatic heterocycles. The number of nitrogens with one attached hydrogen (secondary N) is 1. The second-order valence-electron chi connectivity index (χ2n) is 7.51. The van der Waals surface area contributed by atoms with Crippen LogP contribution in [0.5, 0.6) is 0 Å². The lowest BCUT2D eigenvalue weighted by Gasteiger charge is -2.32.